The van der Waals surface area contributed by atoms with Crippen molar-refractivity contribution >= 4 is 33.3 Å². The molecule has 0 saturated carbocycles. The second-order valence-corrected chi connectivity index (χ2v) is 6.30. The van der Waals surface area contributed by atoms with Crippen LogP contribution in [0.4, 0.5) is 5.69 Å². The predicted molar refractivity (Wildman–Crippen MR) is 77.0 cm³/mol. The molecule has 0 saturated heterocycles. The van der Waals surface area contributed by atoms with E-state index in [0.29, 0.717) is 11.3 Å². The van der Waals surface area contributed by atoms with Crippen LogP contribution in [-0.4, -0.2) is 11.7 Å². The lowest BCUT2D eigenvalue weighted by Gasteiger charge is -2.19. The fourth-order valence-electron chi connectivity index (χ4n) is 1.48. The topological polar surface area (TPSA) is 46.2 Å². The molecule has 0 spiro atoms. The van der Waals surface area contributed by atoms with Gasteiger partial charge in [0.25, 0.3) is 0 Å². The van der Waals surface area contributed by atoms with Crippen molar-refractivity contribution in [2.75, 3.05) is 5.32 Å². The van der Waals surface area contributed by atoms with Crippen LogP contribution in [0.1, 0.15) is 43.6 Å². The molecule has 0 radical (unpaired) electrons. The van der Waals surface area contributed by atoms with E-state index in [9.17, 15) is 9.59 Å². The Morgan fingerprint density at radius 1 is 1.22 bits per heavy atom. The summed E-state index contributed by atoms with van der Waals surface area (Å²) in [5, 5.41) is 2.87. The van der Waals surface area contributed by atoms with Crippen molar-refractivity contribution in [3.63, 3.8) is 0 Å². The van der Waals surface area contributed by atoms with Crippen LogP contribution in [0, 0.1) is 12.3 Å². The second kappa shape index (κ2) is 5.22. The number of ketones is 1. The van der Waals surface area contributed by atoms with Crippen molar-refractivity contribution in [1.82, 2.24) is 0 Å². The maximum Gasteiger partial charge on any atom is 0.229 e. The number of halogens is 1. The van der Waals surface area contributed by atoms with E-state index in [4.69, 9.17) is 0 Å². The zero-order valence-corrected chi connectivity index (χ0v) is 12.9. The lowest BCUT2D eigenvalue weighted by Crippen LogP contribution is -2.28. The van der Waals surface area contributed by atoms with Crippen molar-refractivity contribution in [1.29, 1.82) is 0 Å². The van der Waals surface area contributed by atoms with Gasteiger partial charge in [-0.1, -0.05) is 36.7 Å². The zero-order chi connectivity index (χ0) is 14.1. The van der Waals surface area contributed by atoms with E-state index in [0.717, 1.165) is 10.0 Å². The normalized spacial score (nSPS) is 11.2. The number of carbonyl (C=O) groups excluding carboxylic acids is 2. The summed E-state index contributed by atoms with van der Waals surface area (Å²) < 4.78 is 0.780. The van der Waals surface area contributed by atoms with Gasteiger partial charge in [0, 0.05) is 21.1 Å². The number of carbonyl (C=O) groups is 2. The Morgan fingerprint density at radius 3 is 2.22 bits per heavy atom. The summed E-state index contributed by atoms with van der Waals surface area (Å²) in [6.45, 7) is 8.90. The minimum Gasteiger partial charge on any atom is -0.325 e. The molecule has 3 nitrogen and oxygen atoms in total. The molecule has 0 atom stereocenters. The van der Waals surface area contributed by atoms with Crippen LogP contribution < -0.4 is 5.32 Å². The molecule has 1 amide bonds. The van der Waals surface area contributed by atoms with E-state index in [1.165, 1.54) is 6.92 Å². The number of rotatable bonds is 2. The first-order valence-electron chi connectivity index (χ1n) is 5.75. The maximum absolute atomic E-state index is 12.0. The van der Waals surface area contributed by atoms with Gasteiger partial charge in [-0.2, -0.15) is 0 Å². The van der Waals surface area contributed by atoms with Crippen LogP contribution in [0.25, 0.3) is 0 Å². The van der Waals surface area contributed by atoms with Gasteiger partial charge in [0.1, 0.15) is 0 Å². The number of Topliss-reactive ketones (excluding diaryl/α,β-unsaturated/α-hetero) is 1. The Bertz CT molecular complexity index is 501. The minimum absolute atomic E-state index is 0.0138. The summed E-state index contributed by atoms with van der Waals surface area (Å²) in [5.41, 5.74) is 1.62. The average molecular weight is 312 g/mol. The molecule has 98 valence electrons. The van der Waals surface area contributed by atoms with E-state index in [2.05, 4.69) is 21.2 Å². The first-order chi connectivity index (χ1) is 8.12. The first kappa shape index (κ1) is 14.9. The molecule has 1 aromatic rings. The van der Waals surface area contributed by atoms with E-state index in [1.54, 1.807) is 6.07 Å². The number of anilines is 1. The number of nitrogens with one attached hydrogen (secondary N) is 1. The van der Waals surface area contributed by atoms with E-state index < -0.39 is 5.41 Å². The van der Waals surface area contributed by atoms with Gasteiger partial charge in [0.15, 0.2) is 5.78 Å². The van der Waals surface area contributed by atoms with Gasteiger partial charge < -0.3 is 5.32 Å². The molecular formula is C14H18BrNO2. The van der Waals surface area contributed by atoms with Crippen LogP contribution in [0.5, 0.6) is 0 Å². The molecule has 1 N–H and O–H groups in total. The molecule has 0 heterocycles. The summed E-state index contributed by atoms with van der Waals surface area (Å²) in [4.78, 5) is 23.5. The van der Waals surface area contributed by atoms with Gasteiger partial charge >= 0.3 is 0 Å². The lowest BCUT2D eigenvalue weighted by atomic mass is 9.95. The summed E-state index contributed by atoms with van der Waals surface area (Å²) in [7, 11) is 0. The predicted octanol–water partition coefficient (Wildman–Crippen LogP) is 3.94. The summed E-state index contributed by atoms with van der Waals surface area (Å²) in [6.07, 6.45) is 0. The zero-order valence-electron chi connectivity index (χ0n) is 11.3. The minimum atomic E-state index is -0.467. The Kier molecular flexibility index (Phi) is 4.32. The van der Waals surface area contributed by atoms with Crippen LogP contribution in [0.15, 0.2) is 16.6 Å². The van der Waals surface area contributed by atoms with Crippen molar-refractivity contribution in [3.05, 3.63) is 27.7 Å². The van der Waals surface area contributed by atoms with Crippen LogP contribution in [0.2, 0.25) is 0 Å². The number of benzene rings is 1. The van der Waals surface area contributed by atoms with Crippen molar-refractivity contribution in [2.45, 2.75) is 34.6 Å². The maximum atomic E-state index is 12.0. The van der Waals surface area contributed by atoms with Crippen molar-refractivity contribution in [3.8, 4) is 0 Å². The van der Waals surface area contributed by atoms with Gasteiger partial charge in [-0.15, -0.1) is 0 Å². The summed E-state index contributed by atoms with van der Waals surface area (Å²) in [6, 6.07) is 3.58. The molecule has 0 aliphatic rings. The van der Waals surface area contributed by atoms with Crippen molar-refractivity contribution in [2.24, 2.45) is 5.41 Å². The molecule has 1 aromatic carbocycles. The van der Waals surface area contributed by atoms with Gasteiger partial charge in [0.2, 0.25) is 5.91 Å². The highest BCUT2D eigenvalue weighted by atomic mass is 79.9. The third kappa shape index (κ3) is 3.42. The lowest BCUT2D eigenvalue weighted by molar-refractivity contribution is -0.123. The Labute approximate surface area is 116 Å². The molecule has 1 rings (SSSR count). The van der Waals surface area contributed by atoms with Gasteiger partial charge in [0.05, 0.1) is 0 Å². The monoisotopic (exact) mass is 311 g/mol. The third-order valence-electron chi connectivity index (χ3n) is 2.68. The van der Waals surface area contributed by atoms with Crippen LogP contribution in [0.3, 0.4) is 0 Å². The Balaban J connectivity index is 3.18. The first-order valence-corrected chi connectivity index (χ1v) is 6.54. The molecule has 0 unspecified atom stereocenters. The second-order valence-electron chi connectivity index (χ2n) is 5.39. The fraction of sp³-hybridized carbons (Fsp3) is 0.429. The summed E-state index contributed by atoms with van der Waals surface area (Å²) in [5.74, 6) is -0.0849. The highest BCUT2D eigenvalue weighted by Crippen LogP contribution is 2.27. The van der Waals surface area contributed by atoms with Gasteiger partial charge in [-0.25, -0.2) is 0 Å². The number of amides is 1. The highest BCUT2D eigenvalue weighted by Gasteiger charge is 2.22. The highest BCUT2D eigenvalue weighted by molar-refractivity contribution is 9.10. The average Bonchev–Trinajstić information content (AvgIpc) is 2.21. The molecule has 0 aliphatic carbocycles. The molecule has 0 aromatic heterocycles. The van der Waals surface area contributed by atoms with Gasteiger partial charge in [-0.05, 0) is 31.5 Å². The summed E-state index contributed by atoms with van der Waals surface area (Å²) >= 11 is 3.35. The standard InChI is InChI=1S/C14H18BrNO2/c1-8-11(9(2)17)6-10(15)7-12(8)16-13(18)14(3,4)5/h6-7H,1-5H3,(H,16,18). The number of hydrogen-bond acceptors (Lipinski definition) is 2. The molecule has 0 bridgehead atoms. The van der Waals surface area contributed by atoms with Crippen LogP contribution in [-0.2, 0) is 4.79 Å². The van der Waals surface area contributed by atoms with E-state index >= 15 is 0 Å². The van der Waals surface area contributed by atoms with Crippen molar-refractivity contribution < 1.29 is 9.59 Å². The van der Waals surface area contributed by atoms with E-state index in [1.807, 2.05) is 33.8 Å². The Morgan fingerprint density at radius 2 is 1.78 bits per heavy atom. The number of hydrogen-bond donors (Lipinski definition) is 1. The molecular weight excluding hydrogens is 294 g/mol. The molecule has 0 fully saturated rings. The molecule has 18 heavy (non-hydrogen) atoms. The van der Waals surface area contributed by atoms with E-state index in [-0.39, 0.29) is 11.7 Å². The quantitative estimate of drug-likeness (QED) is 0.841. The third-order valence-corrected chi connectivity index (χ3v) is 3.14. The fourth-order valence-corrected chi connectivity index (χ4v) is 1.94. The largest absolute Gasteiger partial charge is 0.325 e. The van der Waals surface area contributed by atoms with Crippen LogP contribution >= 0.6 is 15.9 Å². The molecule has 0 aliphatic heterocycles. The Hall–Kier alpha value is -1.16. The molecule has 4 heteroatoms. The van der Waals surface area contributed by atoms with Gasteiger partial charge in [-0.3, -0.25) is 9.59 Å². The smallest absolute Gasteiger partial charge is 0.229 e. The SMILES string of the molecule is CC(=O)c1cc(Br)cc(NC(=O)C(C)(C)C)c1C.